The predicted octanol–water partition coefficient (Wildman–Crippen LogP) is 1.70. The summed E-state index contributed by atoms with van der Waals surface area (Å²) in [5.74, 6) is 2.09. The number of aromatic nitrogens is 3. The van der Waals surface area contributed by atoms with Gasteiger partial charge in [-0.15, -0.1) is 0 Å². The third kappa shape index (κ3) is 2.87. The van der Waals surface area contributed by atoms with Crippen LogP contribution >= 0.6 is 0 Å². The molecular weight excluding hydrogens is 308 g/mol. The van der Waals surface area contributed by atoms with Crippen LogP contribution in [0.1, 0.15) is 12.8 Å². The van der Waals surface area contributed by atoms with E-state index in [0.29, 0.717) is 18.4 Å². The van der Waals surface area contributed by atoms with Crippen molar-refractivity contribution < 1.29 is 14.2 Å². The number of hydrogen-bond donors (Lipinski definition) is 0. The zero-order valence-corrected chi connectivity index (χ0v) is 13.5. The van der Waals surface area contributed by atoms with Gasteiger partial charge in [-0.05, 0) is 18.9 Å². The molecule has 0 N–H and O–H groups in total. The van der Waals surface area contributed by atoms with E-state index in [2.05, 4.69) is 19.9 Å². The lowest BCUT2D eigenvalue weighted by atomic mass is 10.1. The number of pyridine rings is 1. The molecule has 126 valence electrons. The number of anilines is 1. The van der Waals surface area contributed by atoms with Crippen LogP contribution < -0.4 is 14.4 Å². The van der Waals surface area contributed by atoms with Crippen molar-refractivity contribution >= 4 is 5.82 Å². The molecule has 24 heavy (non-hydrogen) atoms. The van der Waals surface area contributed by atoms with Gasteiger partial charge in [-0.1, -0.05) is 6.07 Å². The third-order valence-electron chi connectivity index (χ3n) is 4.58. The second kappa shape index (κ2) is 6.60. The Hall–Kier alpha value is -2.41. The topological polar surface area (TPSA) is 69.6 Å². The average molecular weight is 328 g/mol. The van der Waals surface area contributed by atoms with Gasteiger partial charge in [-0.25, -0.2) is 15.0 Å². The minimum absolute atomic E-state index is 0.0106. The molecule has 2 aromatic heterocycles. The van der Waals surface area contributed by atoms with E-state index >= 15 is 0 Å². The lowest BCUT2D eigenvalue weighted by molar-refractivity contribution is -0.0320. The summed E-state index contributed by atoms with van der Waals surface area (Å²) in [6.45, 7) is 1.45. The molecule has 0 spiro atoms. The molecule has 2 aliphatic rings. The standard InChI is InChI=1S/C17H20N4O3/c1-22-16-10-14(19-11-20-16)21-8-9-23-17-12(21)5-6-13(17)24-15-4-2-3-7-18-15/h2-4,7,10-13,17H,5-6,8-9H2,1H3/t12-,13+,17-/m1/s1. The highest BCUT2D eigenvalue weighted by Crippen LogP contribution is 2.35. The van der Waals surface area contributed by atoms with Crippen LogP contribution in [0.25, 0.3) is 0 Å². The molecule has 3 heterocycles. The van der Waals surface area contributed by atoms with Gasteiger partial charge in [0.15, 0.2) is 0 Å². The van der Waals surface area contributed by atoms with Gasteiger partial charge < -0.3 is 19.1 Å². The van der Waals surface area contributed by atoms with E-state index in [1.54, 1.807) is 13.3 Å². The molecule has 1 aliphatic carbocycles. The second-order valence-electron chi connectivity index (χ2n) is 5.92. The predicted molar refractivity (Wildman–Crippen MR) is 87.3 cm³/mol. The zero-order valence-electron chi connectivity index (χ0n) is 13.5. The van der Waals surface area contributed by atoms with E-state index < -0.39 is 0 Å². The second-order valence-corrected chi connectivity index (χ2v) is 5.92. The van der Waals surface area contributed by atoms with Crippen LogP contribution in [0.3, 0.4) is 0 Å². The summed E-state index contributed by atoms with van der Waals surface area (Å²) < 4.78 is 17.3. The maximum absolute atomic E-state index is 6.05. The molecule has 4 rings (SSSR count). The van der Waals surface area contributed by atoms with Crippen molar-refractivity contribution in [1.29, 1.82) is 0 Å². The van der Waals surface area contributed by atoms with E-state index in [-0.39, 0.29) is 18.2 Å². The van der Waals surface area contributed by atoms with Crippen LogP contribution in [-0.2, 0) is 4.74 Å². The van der Waals surface area contributed by atoms with Crippen LogP contribution in [0.15, 0.2) is 36.8 Å². The van der Waals surface area contributed by atoms with E-state index in [4.69, 9.17) is 14.2 Å². The first-order valence-electron chi connectivity index (χ1n) is 8.17. The molecule has 7 nitrogen and oxygen atoms in total. The minimum Gasteiger partial charge on any atom is -0.481 e. The number of hydrogen-bond acceptors (Lipinski definition) is 7. The van der Waals surface area contributed by atoms with E-state index in [0.717, 1.165) is 25.2 Å². The van der Waals surface area contributed by atoms with Crippen molar-refractivity contribution in [3.63, 3.8) is 0 Å². The number of fused-ring (bicyclic) bond motifs is 1. The molecule has 0 bridgehead atoms. The van der Waals surface area contributed by atoms with Gasteiger partial charge in [0.05, 0.1) is 19.8 Å². The van der Waals surface area contributed by atoms with Crippen molar-refractivity contribution in [2.24, 2.45) is 0 Å². The summed E-state index contributed by atoms with van der Waals surface area (Å²) in [7, 11) is 1.61. The van der Waals surface area contributed by atoms with Gasteiger partial charge in [-0.2, -0.15) is 0 Å². The lowest BCUT2D eigenvalue weighted by Crippen LogP contribution is -2.52. The molecule has 2 aromatic rings. The molecule has 1 aliphatic heterocycles. The van der Waals surface area contributed by atoms with E-state index in [9.17, 15) is 0 Å². The molecule has 7 heteroatoms. The highest BCUT2D eigenvalue weighted by molar-refractivity contribution is 5.43. The van der Waals surface area contributed by atoms with E-state index in [1.165, 1.54) is 6.33 Å². The Kier molecular flexibility index (Phi) is 4.17. The Balaban J connectivity index is 1.52. The van der Waals surface area contributed by atoms with Gasteiger partial charge >= 0.3 is 0 Å². The third-order valence-corrected chi connectivity index (χ3v) is 4.58. The summed E-state index contributed by atoms with van der Waals surface area (Å²) in [5, 5.41) is 0. The minimum atomic E-state index is 0.0106. The maximum Gasteiger partial charge on any atom is 0.218 e. The molecular formula is C17H20N4O3. The fraction of sp³-hybridized carbons (Fsp3) is 0.471. The van der Waals surface area contributed by atoms with Crippen molar-refractivity contribution in [3.8, 4) is 11.8 Å². The quantitative estimate of drug-likeness (QED) is 0.846. The molecule has 1 saturated heterocycles. The zero-order chi connectivity index (χ0) is 16.4. The van der Waals surface area contributed by atoms with Crippen LogP contribution in [0.2, 0.25) is 0 Å². The number of methoxy groups -OCH3 is 1. The highest BCUT2D eigenvalue weighted by Gasteiger charge is 2.44. The normalized spacial score (nSPS) is 26.0. The average Bonchev–Trinajstić information content (AvgIpc) is 3.05. The maximum atomic E-state index is 6.05. The summed E-state index contributed by atoms with van der Waals surface area (Å²) in [6.07, 6.45) is 5.23. The number of nitrogens with zero attached hydrogens (tertiary/aromatic N) is 4. The summed E-state index contributed by atoms with van der Waals surface area (Å²) in [6, 6.07) is 7.80. The Labute approximate surface area is 140 Å². The fourth-order valence-electron chi connectivity index (χ4n) is 3.50. The van der Waals surface area contributed by atoms with Crippen molar-refractivity contribution in [3.05, 3.63) is 36.8 Å². The first kappa shape index (κ1) is 15.1. The van der Waals surface area contributed by atoms with Gasteiger partial charge in [0.25, 0.3) is 0 Å². The van der Waals surface area contributed by atoms with Gasteiger partial charge in [0.1, 0.15) is 24.4 Å². The molecule has 0 unspecified atom stereocenters. The highest BCUT2D eigenvalue weighted by atomic mass is 16.5. The van der Waals surface area contributed by atoms with Crippen molar-refractivity contribution in [1.82, 2.24) is 15.0 Å². The molecule has 0 radical (unpaired) electrons. The lowest BCUT2D eigenvalue weighted by Gasteiger charge is -2.39. The van der Waals surface area contributed by atoms with Gasteiger partial charge in [0.2, 0.25) is 11.8 Å². The number of morpholine rings is 1. The summed E-state index contributed by atoms with van der Waals surface area (Å²) in [4.78, 5) is 15.0. The van der Waals surface area contributed by atoms with Gasteiger partial charge in [-0.3, -0.25) is 0 Å². The van der Waals surface area contributed by atoms with Crippen LogP contribution in [0.5, 0.6) is 11.8 Å². The van der Waals surface area contributed by atoms with Gasteiger partial charge in [0, 0.05) is 24.9 Å². The summed E-state index contributed by atoms with van der Waals surface area (Å²) >= 11 is 0. The van der Waals surface area contributed by atoms with Crippen LogP contribution in [0.4, 0.5) is 5.82 Å². The molecule has 0 amide bonds. The number of ether oxygens (including phenoxy) is 3. The van der Waals surface area contributed by atoms with Crippen LogP contribution in [0, 0.1) is 0 Å². The largest absolute Gasteiger partial charge is 0.481 e. The summed E-state index contributed by atoms with van der Waals surface area (Å²) in [5.41, 5.74) is 0. The van der Waals surface area contributed by atoms with E-state index in [1.807, 2.05) is 24.3 Å². The fourth-order valence-corrected chi connectivity index (χ4v) is 3.50. The molecule has 3 atom stereocenters. The Morgan fingerprint density at radius 1 is 1.17 bits per heavy atom. The molecule has 2 fully saturated rings. The van der Waals surface area contributed by atoms with Crippen LogP contribution in [-0.4, -0.2) is 53.5 Å². The Morgan fingerprint density at radius 2 is 2.12 bits per heavy atom. The first-order valence-corrected chi connectivity index (χ1v) is 8.17. The van der Waals surface area contributed by atoms with Crippen molar-refractivity contribution in [2.45, 2.75) is 31.1 Å². The smallest absolute Gasteiger partial charge is 0.218 e. The number of rotatable bonds is 4. The molecule has 0 aromatic carbocycles. The Morgan fingerprint density at radius 3 is 2.96 bits per heavy atom. The monoisotopic (exact) mass is 328 g/mol. The molecule has 1 saturated carbocycles. The SMILES string of the molecule is COc1cc(N2CCO[C@H]3[C@@H](Oc4ccccn4)CC[C@H]32)ncn1. The Bertz CT molecular complexity index is 685. The van der Waals surface area contributed by atoms with Crippen molar-refractivity contribution in [2.75, 3.05) is 25.2 Å². The first-order chi connectivity index (χ1) is 11.8.